The van der Waals surface area contributed by atoms with Crippen molar-refractivity contribution in [2.45, 2.75) is 12.8 Å². The van der Waals surface area contributed by atoms with E-state index in [-0.39, 0.29) is 0 Å². The molecule has 0 fully saturated rings. The predicted molar refractivity (Wildman–Crippen MR) is 40.6 cm³/mol. The Hall–Kier alpha value is -0.380. The lowest BCUT2D eigenvalue weighted by atomic mass is 10.5. The average molecular weight is 145 g/mol. The van der Waals surface area contributed by atoms with Crippen LogP contribution in [0.2, 0.25) is 0 Å². The second-order valence-corrected chi connectivity index (χ2v) is 2.02. The van der Waals surface area contributed by atoms with Gasteiger partial charge in [-0.25, -0.2) is 0 Å². The molecule has 1 N–H and O–H groups in total. The minimum absolute atomic E-state index is 0.665. The van der Waals surface area contributed by atoms with Gasteiger partial charge in [0.05, 0.1) is 0 Å². The fraction of sp³-hybridized carbons (Fsp3) is 0.714. The first kappa shape index (κ1) is 9.62. The molecule has 0 saturated carbocycles. The highest BCUT2D eigenvalue weighted by atomic mass is 16.7. The zero-order valence-corrected chi connectivity index (χ0v) is 6.81. The first-order valence-corrected chi connectivity index (χ1v) is 3.14. The minimum atomic E-state index is -0.686. The summed E-state index contributed by atoms with van der Waals surface area (Å²) >= 11 is 0. The Morgan fingerprint density at radius 3 is 2.30 bits per heavy atom. The summed E-state index contributed by atoms with van der Waals surface area (Å²) in [5, 5.41) is 2.98. The van der Waals surface area contributed by atoms with Gasteiger partial charge in [0.25, 0.3) is 0 Å². The van der Waals surface area contributed by atoms with Crippen molar-refractivity contribution in [3.63, 3.8) is 0 Å². The summed E-state index contributed by atoms with van der Waals surface area (Å²) in [5.74, 6) is -0.686. The minimum Gasteiger partial charge on any atom is -0.341 e. The third-order valence-corrected chi connectivity index (χ3v) is 1.35. The molecule has 3 nitrogen and oxygen atoms in total. The van der Waals surface area contributed by atoms with Gasteiger partial charge < -0.3 is 9.47 Å². The maximum atomic E-state index is 5.01. The molecule has 0 aromatic carbocycles. The summed E-state index contributed by atoms with van der Waals surface area (Å²) in [5.41, 5.74) is 0. The van der Waals surface area contributed by atoms with Crippen LogP contribution in [0.25, 0.3) is 0 Å². The Morgan fingerprint density at radius 1 is 1.50 bits per heavy atom. The van der Waals surface area contributed by atoms with Gasteiger partial charge in [-0.15, -0.1) is 6.58 Å². The van der Waals surface area contributed by atoms with E-state index in [0.29, 0.717) is 6.54 Å². The first-order chi connectivity index (χ1) is 4.68. The fourth-order valence-corrected chi connectivity index (χ4v) is 0.485. The average Bonchev–Trinajstić information content (AvgIpc) is 2.00. The van der Waals surface area contributed by atoms with Gasteiger partial charge in [-0.2, -0.15) is 0 Å². The van der Waals surface area contributed by atoms with Gasteiger partial charge in [-0.1, -0.05) is 6.08 Å². The topological polar surface area (TPSA) is 30.5 Å². The lowest BCUT2D eigenvalue weighted by Gasteiger charge is -2.26. The van der Waals surface area contributed by atoms with Crippen molar-refractivity contribution in [3.05, 3.63) is 12.7 Å². The molecule has 0 saturated heterocycles. The Morgan fingerprint density at radius 2 is 2.00 bits per heavy atom. The van der Waals surface area contributed by atoms with E-state index in [2.05, 4.69) is 11.9 Å². The summed E-state index contributed by atoms with van der Waals surface area (Å²) in [6.07, 6.45) is 1.75. The van der Waals surface area contributed by atoms with Crippen LogP contribution in [0.1, 0.15) is 6.92 Å². The Balaban J connectivity index is 3.68. The molecule has 0 atom stereocenters. The third kappa shape index (κ3) is 2.96. The molecular formula is C7H15NO2. The highest BCUT2D eigenvalue weighted by molar-refractivity contribution is 4.72. The molecule has 0 aliphatic carbocycles. The highest BCUT2D eigenvalue weighted by Gasteiger charge is 2.19. The number of rotatable bonds is 5. The van der Waals surface area contributed by atoms with Crippen molar-refractivity contribution < 1.29 is 9.47 Å². The summed E-state index contributed by atoms with van der Waals surface area (Å²) in [6.45, 7) is 6.03. The molecule has 0 heterocycles. The van der Waals surface area contributed by atoms with E-state index in [1.165, 1.54) is 0 Å². The molecule has 0 spiro atoms. The van der Waals surface area contributed by atoms with Gasteiger partial charge in [-0.3, -0.25) is 5.32 Å². The molecule has 0 radical (unpaired) electrons. The first-order valence-electron chi connectivity index (χ1n) is 3.14. The molecule has 0 aliphatic heterocycles. The second-order valence-electron chi connectivity index (χ2n) is 2.02. The van der Waals surface area contributed by atoms with E-state index in [0.717, 1.165) is 0 Å². The quantitative estimate of drug-likeness (QED) is 0.457. The molecular weight excluding hydrogens is 130 g/mol. The number of nitrogens with one attached hydrogen (secondary N) is 1. The van der Waals surface area contributed by atoms with Crippen LogP contribution in [-0.4, -0.2) is 26.7 Å². The SMILES string of the molecule is C=CCNC(C)(OC)OC. The number of ether oxygens (including phenoxy) is 2. The van der Waals surface area contributed by atoms with Crippen molar-refractivity contribution in [1.29, 1.82) is 0 Å². The van der Waals surface area contributed by atoms with Crippen LogP contribution >= 0.6 is 0 Å². The molecule has 0 aromatic rings. The van der Waals surface area contributed by atoms with Crippen LogP contribution in [0.3, 0.4) is 0 Å². The summed E-state index contributed by atoms with van der Waals surface area (Å²) in [4.78, 5) is 0. The summed E-state index contributed by atoms with van der Waals surface area (Å²) < 4.78 is 10.0. The van der Waals surface area contributed by atoms with Gasteiger partial charge in [0.15, 0.2) is 0 Å². The van der Waals surface area contributed by atoms with E-state index in [9.17, 15) is 0 Å². The number of methoxy groups -OCH3 is 2. The van der Waals surface area contributed by atoms with Gasteiger partial charge in [0, 0.05) is 27.7 Å². The van der Waals surface area contributed by atoms with E-state index in [1.807, 2.05) is 0 Å². The third-order valence-electron chi connectivity index (χ3n) is 1.35. The Labute approximate surface area is 62.0 Å². The lowest BCUT2D eigenvalue weighted by Crippen LogP contribution is -2.45. The summed E-state index contributed by atoms with van der Waals surface area (Å²) in [6, 6.07) is 0. The molecule has 0 aliphatic rings. The standard InChI is InChI=1S/C7H15NO2/c1-5-6-8-7(2,9-3)10-4/h5,8H,1,6H2,2-4H3. The zero-order valence-electron chi connectivity index (χ0n) is 6.81. The van der Waals surface area contributed by atoms with E-state index < -0.39 is 5.91 Å². The molecule has 0 bridgehead atoms. The van der Waals surface area contributed by atoms with Crippen molar-refractivity contribution in [2.24, 2.45) is 0 Å². The van der Waals surface area contributed by atoms with Gasteiger partial charge in [0.2, 0.25) is 5.91 Å². The molecule has 0 rings (SSSR count). The van der Waals surface area contributed by atoms with E-state index in [4.69, 9.17) is 9.47 Å². The van der Waals surface area contributed by atoms with Crippen LogP contribution in [0, 0.1) is 0 Å². The van der Waals surface area contributed by atoms with Crippen molar-refractivity contribution in [1.82, 2.24) is 5.32 Å². The van der Waals surface area contributed by atoms with E-state index >= 15 is 0 Å². The van der Waals surface area contributed by atoms with E-state index in [1.54, 1.807) is 27.2 Å². The maximum Gasteiger partial charge on any atom is 0.224 e. The largest absolute Gasteiger partial charge is 0.341 e. The highest BCUT2D eigenvalue weighted by Crippen LogP contribution is 2.03. The van der Waals surface area contributed by atoms with Gasteiger partial charge in [-0.05, 0) is 0 Å². The van der Waals surface area contributed by atoms with Gasteiger partial charge >= 0.3 is 0 Å². The Bertz CT molecular complexity index is 99.8. The zero-order chi connectivity index (χ0) is 8.04. The fourth-order valence-electron chi connectivity index (χ4n) is 0.485. The molecule has 0 unspecified atom stereocenters. The number of hydrogen-bond acceptors (Lipinski definition) is 3. The smallest absolute Gasteiger partial charge is 0.224 e. The Kier molecular flexibility index (Phi) is 4.27. The van der Waals surface area contributed by atoms with Crippen LogP contribution < -0.4 is 5.32 Å². The van der Waals surface area contributed by atoms with Crippen molar-refractivity contribution in [3.8, 4) is 0 Å². The molecule has 3 heteroatoms. The van der Waals surface area contributed by atoms with Crippen molar-refractivity contribution >= 4 is 0 Å². The van der Waals surface area contributed by atoms with Gasteiger partial charge in [0.1, 0.15) is 0 Å². The summed E-state index contributed by atoms with van der Waals surface area (Å²) in [7, 11) is 3.17. The van der Waals surface area contributed by atoms with Crippen LogP contribution in [0.4, 0.5) is 0 Å². The molecule has 10 heavy (non-hydrogen) atoms. The van der Waals surface area contributed by atoms with Crippen LogP contribution in [-0.2, 0) is 9.47 Å². The molecule has 0 amide bonds. The maximum absolute atomic E-state index is 5.01. The van der Waals surface area contributed by atoms with Crippen molar-refractivity contribution in [2.75, 3.05) is 20.8 Å². The van der Waals surface area contributed by atoms with Crippen LogP contribution in [0.5, 0.6) is 0 Å². The lowest BCUT2D eigenvalue weighted by molar-refractivity contribution is -0.212. The monoisotopic (exact) mass is 145 g/mol. The van der Waals surface area contributed by atoms with Crippen LogP contribution in [0.15, 0.2) is 12.7 Å². The normalized spacial score (nSPS) is 11.5. The second kappa shape index (κ2) is 4.44. The molecule has 0 aromatic heterocycles. The molecule has 60 valence electrons. The predicted octanol–water partition coefficient (Wildman–Crippen LogP) is 0.728. The number of hydrogen-bond donors (Lipinski definition) is 1.